The molecule has 21 heavy (non-hydrogen) atoms. The van der Waals surface area contributed by atoms with Crippen LogP contribution >= 0.6 is 0 Å². The lowest BCUT2D eigenvalue weighted by Crippen LogP contribution is -2.48. The second-order valence-corrected chi connectivity index (χ2v) is 5.90. The molecule has 2 atom stereocenters. The van der Waals surface area contributed by atoms with Crippen LogP contribution in [0.2, 0.25) is 0 Å². The zero-order chi connectivity index (χ0) is 14.8. The number of anilines is 2. The Balaban J connectivity index is 1.88. The number of amides is 2. The summed E-state index contributed by atoms with van der Waals surface area (Å²) in [7, 11) is 0. The summed E-state index contributed by atoms with van der Waals surface area (Å²) in [6, 6.07) is 7.32. The smallest absolute Gasteiger partial charge is 0.244 e. The molecule has 0 bridgehead atoms. The van der Waals surface area contributed by atoms with E-state index in [0.717, 1.165) is 37.8 Å². The molecule has 2 amide bonds. The van der Waals surface area contributed by atoms with E-state index in [1.165, 1.54) is 0 Å². The fraction of sp³-hybridized carbons (Fsp3) is 0.500. The molecule has 3 rings (SSSR count). The highest BCUT2D eigenvalue weighted by atomic mass is 16.2. The Kier molecular flexibility index (Phi) is 3.92. The summed E-state index contributed by atoms with van der Waals surface area (Å²) in [6.07, 6.45) is 4.96. The van der Waals surface area contributed by atoms with Gasteiger partial charge in [0.1, 0.15) is 6.54 Å². The predicted molar refractivity (Wildman–Crippen MR) is 82.0 cm³/mol. The minimum Gasteiger partial charge on any atom is -0.327 e. The summed E-state index contributed by atoms with van der Waals surface area (Å²) >= 11 is 0. The normalized spacial score (nSPS) is 25.8. The fourth-order valence-electron chi connectivity index (χ4n) is 3.27. The zero-order valence-corrected chi connectivity index (χ0v) is 12.0. The maximum Gasteiger partial charge on any atom is 0.244 e. The predicted octanol–water partition coefficient (Wildman–Crippen LogP) is 1.88. The van der Waals surface area contributed by atoms with Crippen LogP contribution in [0, 0.1) is 5.92 Å². The molecule has 5 heteroatoms. The SMILES string of the molecule is NC1CCCCCC1C(=O)N1CC(=O)Nc2ccccc21. The van der Waals surface area contributed by atoms with Crippen molar-refractivity contribution in [3.05, 3.63) is 24.3 Å². The van der Waals surface area contributed by atoms with Crippen LogP contribution in [0.3, 0.4) is 0 Å². The summed E-state index contributed by atoms with van der Waals surface area (Å²) in [6.45, 7) is 0.0824. The molecular weight excluding hydrogens is 266 g/mol. The number of carbonyl (C=O) groups excluding carboxylic acids is 2. The van der Waals surface area contributed by atoms with Crippen LogP contribution < -0.4 is 16.0 Å². The van der Waals surface area contributed by atoms with E-state index in [-0.39, 0.29) is 30.3 Å². The monoisotopic (exact) mass is 287 g/mol. The van der Waals surface area contributed by atoms with Gasteiger partial charge in [0.25, 0.3) is 0 Å². The average molecular weight is 287 g/mol. The quantitative estimate of drug-likeness (QED) is 0.774. The van der Waals surface area contributed by atoms with Crippen molar-refractivity contribution in [2.45, 2.75) is 38.1 Å². The van der Waals surface area contributed by atoms with Crippen molar-refractivity contribution >= 4 is 23.2 Å². The molecule has 1 aliphatic carbocycles. The van der Waals surface area contributed by atoms with Gasteiger partial charge < -0.3 is 16.0 Å². The van der Waals surface area contributed by atoms with Gasteiger partial charge in [0.15, 0.2) is 0 Å². The number of hydrogen-bond donors (Lipinski definition) is 2. The van der Waals surface area contributed by atoms with Crippen LogP contribution in [0.15, 0.2) is 24.3 Å². The Morgan fingerprint density at radius 1 is 1.19 bits per heavy atom. The van der Waals surface area contributed by atoms with Crippen molar-refractivity contribution in [1.82, 2.24) is 0 Å². The molecule has 1 fully saturated rings. The van der Waals surface area contributed by atoms with Gasteiger partial charge in [-0.2, -0.15) is 0 Å². The van der Waals surface area contributed by atoms with Crippen molar-refractivity contribution in [3.8, 4) is 0 Å². The number of hydrogen-bond acceptors (Lipinski definition) is 3. The van der Waals surface area contributed by atoms with Gasteiger partial charge in [-0.05, 0) is 25.0 Å². The van der Waals surface area contributed by atoms with Gasteiger partial charge in [0.05, 0.1) is 17.3 Å². The van der Waals surface area contributed by atoms with Gasteiger partial charge in [-0.1, -0.05) is 31.4 Å². The fourth-order valence-corrected chi connectivity index (χ4v) is 3.27. The molecule has 0 radical (unpaired) electrons. The second-order valence-electron chi connectivity index (χ2n) is 5.90. The molecule has 2 aliphatic rings. The molecule has 1 aromatic carbocycles. The van der Waals surface area contributed by atoms with E-state index in [0.29, 0.717) is 5.69 Å². The van der Waals surface area contributed by atoms with Crippen molar-refractivity contribution in [1.29, 1.82) is 0 Å². The van der Waals surface area contributed by atoms with E-state index >= 15 is 0 Å². The highest BCUT2D eigenvalue weighted by Gasteiger charge is 2.34. The van der Waals surface area contributed by atoms with E-state index in [1.54, 1.807) is 4.90 Å². The van der Waals surface area contributed by atoms with E-state index in [9.17, 15) is 9.59 Å². The van der Waals surface area contributed by atoms with Gasteiger partial charge >= 0.3 is 0 Å². The molecule has 1 aliphatic heterocycles. The first-order valence-electron chi connectivity index (χ1n) is 7.62. The zero-order valence-electron chi connectivity index (χ0n) is 12.0. The molecule has 0 spiro atoms. The molecule has 1 heterocycles. The number of nitrogens with two attached hydrogens (primary N) is 1. The number of carbonyl (C=O) groups is 2. The van der Waals surface area contributed by atoms with Gasteiger partial charge in [-0.3, -0.25) is 9.59 Å². The van der Waals surface area contributed by atoms with Crippen molar-refractivity contribution < 1.29 is 9.59 Å². The molecule has 5 nitrogen and oxygen atoms in total. The Morgan fingerprint density at radius 3 is 2.81 bits per heavy atom. The third-order valence-electron chi connectivity index (χ3n) is 4.42. The molecular formula is C16H21N3O2. The first-order valence-corrected chi connectivity index (χ1v) is 7.62. The van der Waals surface area contributed by atoms with Gasteiger partial charge in [-0.25, -0.2) is 0 Å². The average Bonchev–Trinajstić information content (AvgIpc) is 2.70. The van der Waals surface area contributed by atoms with Crippen molar-refractivity contribution in [2.75, 3.05) is 16.8 Å². The van der Waals surface area contributed by atoms with Crippen LogP contribution in [0.1, 0.15) is 32.1 Å². The third-order valence-corrected chi connectivity index (χ3v) is 4.42. The largest absolute Gasteiger partial charge is 0.327 e. The molecule has 1 saturated carbocycles. The van der Waals surface area contributed by atoms with E-state index < -0.39 is 0 Å². The highest BCUT2D eigenvalue weighted by Crippen LogP contribution is 2.32. The Bertz CT molecular complexity index is 558. The lowest BCUT2D eigenvalue weighted by atomic mass is 9.93. The molecule has 0 saturated heterocycles. The maximum absolute atomic E-state index is 12.9. The Labute approximate surface area is 124 Å². The molecule has 0 aromatic heterocycles. The molecule has 3 N–H and O–H groups in total. The molecule has 2 unspecified atom stereocenters. The number of nitrogens with zero attached hydrogens (tertiary/aromatic N) is 1. The highest BCUT2D eigenvalue weighted by molar-refractivity contribution is 6.10. The summed E-state index contributed by atoms with van der Waals surface area (Å²) in [4.78, 5) is 26.3. The number of para-hydroxylation sites is 2. The maximum atomic E-state index is 12.9. The van der Waals surface area contributed by atoms with Crippen LogP contribution in [0.4, 0.5) is 11.4 Å². The molecule has 112 valence electrons. The summed E-state index contributed by atoms with van der Waals surface area (Å²) in [5.41, 5.74) is 7.67. The number of nitrogens with one attached hydrogen (secondary N) is 1. The lowest BCUT2D eigenvalue weighted by Gasteiger charge is -2.33. The first kappa shape index (κ1) is 14.1. The van der Waals surface area contributed by atoms with Crippen LogP contribution in [-0.2, 0) is 9.59 Å². The first-order chi connectivity index (χ1) is 10.2. The summed E-state index contributed by atoms with van der Waals surface area (Å²) in [5.74, 6) is -0.331. The third kappa shape index (κ3) is 2.78. The summed E-state index contributed by atoms with van der Waals surface area (Å²) < 4.78 is 0. The molecule has 1 aromatic rings. The lowest BCUT2D eigenvalue weighted by molar-refractivity contribution is -0.125. The summed E-state index contributed by atoms with van der Waals surface area (Å²) in [5, 5.41) is 2.81. The van der Waals surface area contributed by atoms with E-state index in [2.05, 4.69) is 5.32 Å². The topological polar surface area (TPSA) is 75.4 Å². The van der Waals surface area contributed by atoms with Gasteiger partial charge in [0, 0.05) is 6.04 Å². The standard InChI is InChI=1S/C16H21N3O2/c17-12-7-3-1-2-6-11(12)16(21)19-10-15(20)18-13-8-4-5-9-14(13)19/h4-5,8-9,11-12H,1-3,6-7,10,17H2,(H,18,20). The minimum atomic E-state index is -0.175. The number of benzene rings is 1. The minimum absolute atomic E-state index is 0.00769. The van der Waals surface area contributed by atoms with Gasteiger partial charge in [-0.15, -0.1) is 0 Å². The van der Waals surface area contributed by atoms with Crippen LogP contribution in [0.5, 0.6) is 0 Å². The van der Waals surface area contributed by atoms with Crippen molar-refractivity contribution in [3.63, 3.8) is 0 Å². The number of fused-ring (bicyclic) bond motifs is 1. The Morgan fingerprint density at radius 2 is 1.95 bits per heavy atom. The van der Waals surface area contributed by atoms with E-state index in [4.69, 9.17) is 5.73 Å². The van der Waals surface area contributed by atoms with E-state index in [1.807, 2.05) is 24.3 Å². The van der Waals surface area contributed by atoms with Gasteiger partial charge in [0.2, 0.25) is 11.8 Å². The second kappa shape index (κ2) is 5.85. The Hall–Kier alpha value is -1.88. The van der Waals surface area contributed by atoms with Crippen LogP contribution in [-0.4, -0.2) is 24.4 Å². The van der Waals surface area contributed by atoms with Crippen molar-refractivity contribution in [2.24, 2.45) is 11.7 Å². The number of rotatable bonds is 1. The van der Waals surface area contributed by atoms with Crippen LogP contribution in [0.25, 0.3) is 0 Å².